The van der Waals surface area contributed by atoms with E-state index < -0.39 is 0 Å². The normalized spacial score (nSPS) is 14.5. The highest BCUT2D eigenvalue weighted by Crippen LogP contribution is 2.30. The minimum Gasteiger partial charge on any atom is -0.462 e. The van der Waals surface area contributed by atoms with Crippen LogP contribution in [-0.2, 0) is 11.2 Å². The molecule has 0 radical (unpaired) electrons. The van der Waals surface area contributed by atoms with Crippen molar-refractivity contribution in [2.24, 2.45) is 0 Å². The first-order chi connectivity index (χ1) is 7.72. The Morgan fingerprint density at radius 1 is 1.56 bits per heavy atom. The van der Waals surface area contributed by atoms with E-state index in [1.807, 2.05) is 25.1 Å². The van der Waals surface area contributed by atoms with Crippen molar-refractivity contribution < 1.29 is 9.53 Å². The second kappa shape index (κ2) is 5.03. The van der Waals surface area contributed by atoms with Gasteiger partial charge in [0.05, 0.1) is 35.0 Å². The van der Waals surface area contributed by atoms with Gasteiger partial charge in [-0.2, -0.15) is 0 Å². The van der Waals surface area contributed by atoms with Crippen LogP contribution in [0.5, 0.6) is 0 Å². The van der Waals surface area contributed by atoms with Crippen LogP contribution in [-0.4, -0.2) is 19.1 Å². The molecule has 0 amide bonds. The maximum Gasteiger partial charge on any atom is 0.338 e. The van der Waals surface area contributed by atoms with Gasteiger partial charge >= 0.3 is 5.97 Å². The first-order valence-electron chi connectivity index (χ1n) is 5.45. The summed E-state index contributed by atoms with van der Waals surface area (Å²) in [7, 11) is 0. The zero-order valence-corrected chi connectivity index (χ0v) is 11.4. The van der Waals surface area contributed by atoms with Gasteiger partial charge in [0.2, 0.25) is 0 Å². The third-order valence-corrected chi connectivity index (χ3v) is 3.65. The minimum atomic E-state index is -0.226. The molecule has 1 aromatic carbocycles. The fourth-order valence-corrected chi connectivity index (χ4v) is 2.70. The summed E-state index contributed by atoms with van der Waals surface area (Å²) in [4.78, 5) is 11.6. The van der Waals surface area contributed by atoms with E-state index in [1.54, 1.807) is 0 Å². The van der Waals surface area contributed by atoms with Crippen LogP contribution in [0.2, 0.25) is 0 Å². The summed E-state index contributed by atoms with van der Waals surface area (Å²) < 4.78 is 7.19. The quantitative estimate of drug-likeness (QED) is 0.474. The number of anilines is 1. The molecule has 1 aliphatic rings. The highest BCUT2D eigenvalue weighted by atomic mass is 127. The standard InChI is InChI=1S/C12H14INO2/c1-2-16-12(15)10-5-6-11-9(8-10)4-3-7-14(11)13/h5-6,8H,2-4,7H2,1H3. The van der Waals surface area contributed by atoms with Gasteiger partial charge in [-0.3, -0.25) is 0 Å². The van der Waals surface area contributed by atoms with E-state index >= 15 is 0 Å². The van der Waals surface area contributed by atoms with E-state index in [0.717, 1.165) is 19.4 Å². The number of benzene rings is 1. The summed E-state index contributed by atoms with van der Waals surface area (Å²) >= 11 is 2.31. The molecule has 0 N–H and O–H groups in total. The van der Waals surface area contributed by atoms with Crippen molar-refractivity contribution in [1.82, 2.24) is 0 Å². The lowest BCUT2D eigenvalue weighted by molar-refractivity contribution is 0.0526. The average Bonchev–Trinajstić information content (AvgIpc) is 2.29. The minimum absolute atomic E-state index is 0.226. The van der Waals surface area contributed by atoms with Crippen molar-refractivity contribution in [1.29, 1.82) is 0 Å². The first-order valence-corrected chi connectivity index (χ1v) is 6.42. The largest absolute Gasteiger partial charge is 0.462 e. The highest BCUT2D eigenvalue weighted by Gasteiger charge is 2.17. The van der Waals surface area contributed by atoms with Crippen LogP contribution >= 0.6 is 22.9 Å². The number of esters is 1. The Labute approximate surface area is 109 Å². The molecule has 0 aromatic heterocycles. The molecule has 0 bridgehead atoms. The molecule has 0 aliphatic carbocycles. The van der Waals surface area contributed by atoms with Gasteiger partial charge in [-0.15, -0.1) is 0 Å². The van der Waals surface area contributed by atoms with E-state index in [0.29, 0.717) is 12.2 Å². The molecule has 1 aliphatic heterocycles. The molecule has 16 heavy (non-hydrogen) atoms. The first kappa shape index (κ1) is 11.7. The molecule has 4 heteroatoms. The summed E-state index contributed by atoms with van der Waals surface area (Å²) in [5.41, 5.74) is 3.12. The predicted octanol–water partition coefficient (Wildman–Crippen LogP) is 2.97. The molecule has 0 atom stereocenters. The molecule has 0 saturated carbocycles. The van der Waals surface area contributed by atoms with E-state index in [4.69, 9.17) is 4.74 Å². The number of nitrogens with zero attached hydrogens (tertiary/aromatic N) is 1. The van der Waals surface area contributed by atoms with Crippen molar-refractivity contribution in [3.05, 3.63) is 29.3 Å². The molecular formula is C12H14INO2. The van der Waals surface area contributed by atoms with Crippen molar-refractivity contribution in [2.75, 3.05) is 16.3 Å². The number of fused-ring (bicyclic) bond motifs is 1. The number of carbonyl (C=O) groups is 1. The summed E-state index contributed by atoms with van der Waals surface area (Å²) in [6.45, 7) is 3.32. The summed E-state index contributed by atoms with van der Waals surface area (Å²) in [6, 6.07) is 5.80. The van der Waals surface area contributed by atoms with Crippen molar-refractivity contribution >= 4 is 34.5 Å². The van der Waals surface area contributed by atoms with Gasteiger partial charge < -0.3 is 7.85 Å². The van der Waals surface area contributed by atoms with Crippen LogP contribution < -0.4 is 3.11 Å². The van der Waals surface area contributed by atoms with Crippen LogP contribution in [0.4, 0.5) is 5.69 Å². The average molecular weight is 331 g/mol. The number of ether oxygens (including phenoxy) is 1. The molecule has 3 nitrogen and oxygen atoms in total. The number of rotatable bonds is 2. The number of carbonyl (C=O) groups excluding carboxylic acids is 1. The Kier molecular flexibility index (Phi) is 3.68. The van der Waals surface area contributed by atoms with E-state index in [2.05, 4.69) is 26.0 Å². The van der Waals surface area contributed by atoms with Gasteiger partial charge in [0.25, 0.3) is 0 Å². The SMILES string of the molecule is CCOC(=O)c1ccc2c(c1)CCCN2I. The predicted molar refractivity (Wildman–Crippen MR) is 72.1 cm³/mol. The molecule has 1 heterocycles. The molecule has 2 rings (SSSR count). The second-order valence-electron chi connectivity index (χ2n) is 3.75. The van der Waals surface area contributed by atoms with Gasteiger partial charge in [-0.1, -0.05) is 0 Å². The molecule has 0 spiro atoms. The van der Waals surface area contributed by atoms with E-state index in [1.165, 1.54) is 11.3 Å². The fourth-order valence-electron chi connectivity index (χ4n) is 1.89. The zero-order valence-electron chi connectivity index (χ0n) is 9.20. The van der Waals surface area contributed by atoms with Crippen LogP contribution in [0.15, 0.2) is 18.2 Å². The Balaban J connectivity index is 2.28. The lowest BCUT2D eigenvalue weighted by atomic mass is 10.0. The lowest BCUT2D eigenvalue weighted by Crippen LogP contribution is -2.19. The second-order valence-corrected chi connectivity index (χ2v) is 4.92. The van der Waals surface area contributed by atoms with Gasteiger partial charge in [0.15, 0.2) is 0 Å². The fraction of sp³-hybridized carbons (Fsp3) is 0.417. The van der Waals surface area contributed by atoms with Gasteiger partial charge in [0.1, 0.15) is 0 Å². The third kappa shape index (κ3) is 2.31. The van der Waals surface area contributed by atoms with Crippen LogP contribution in [0.25, 0.3) is 0 Å². The highest BCUT2D eigenvalue weighted by molar-refractivity contribution is 14.1. The maximum atomic E-state index is 11.6. The zero-order chi connectivity index (χ0) is 11.5. The Hall–Kier alpha value is -0.780. The van der Waals surface area contributed by atoms with E-state index in [-0.39, 0.29) is 5.97 Å². The smallest absolute Gasteiger partial charge is 0.338 e. The van der Waals surface area contributed by atoms with Gasteiger partial charge in [-0.05, 0) is 43.5 Å². The van der Waals surface area contributed by atoms with Gasteiger partial charge in [-0.25, -0.2) is 4.79 Å². The molecule has 0 unspecified atom stereocenters. The van der Waals surface area contributed by atoms with Crippen LogP contribution in [0.3, 0.4) is 0 Å². The lowest BCUT2D eigenvalue weighted by Gasteiger charge is -2.25. The summed E-state index contributed by atoms with van der Waals surface area (Å²) in [5, 5.41) is 0. The van der Waals surface area contributed by atoms with Crippen LogP contribution in [0.1, 0.15) is 29.3 Å². The summed E-state index contributed by atoms with van der Waals surface area (Å²) in [5.74, 6) is -0.226. The van der Waals surface area contributed by atoms with E-state index in [9.17, 15) is 4.79 Å². The number of hydrogen-bond donors (Lipinski definition) is 0. The molecule has 0 saturated heterocycles. The summed E-state index contributed by atoms with van der Waals surface area (Å²) in [6.07, 6.45) is 2.18. The monoisotopic (exact) mass is 331 g/mol. The molecule has 86 valence electrons. The number of aryl methyl sites for hydroxylation is 1. The van der Waals surface area contributed by atoms with Crippen molar-refractivity contribution in [3.8, 4) is 0 Å². The molecular weight excluding hydrogens is 317 g/mol. The number of hydrogen-bond acceptors (Lipinski definition) is 3. The topological polar surface area (TPSA) is 29.5 Å². The van der Waals surface area contributed by atoms with Crippen LogP contribution in [0, 0.1) is 0 Å². The van der Waals surface area contributed by atoms with Gasteiger partial charge in [0, 0.05) is 12.2 Å². The van der Waals surface area contributed by atoms with Crippen molar-refractivity contribution in [3.63, 3.8) is 0 Å². The molecule has 1 aromatic rings. The molecule has 0 fully saturated rings. The Morgan fingerprint density at radius 3 is 3.12 bits per heavy atom. The Morgan fingerprint density at radius 2 is 2.38 bits per heavy atom. The number of halogens is 1. The van der Waals surface area contributed by atoms with Crippen molar-refractivity contribution in [2.45, 2.75) is 19.8 Å². The Bertz CT molecular complexity index is 406. The third-order valence-electron chi connectivity index (χ3n) is 2.65. The maximum absolute atomic E-state index is 11.6.